The van der Waals surface area contributed by atoms with Crippen LogP contribution < -0.4 is 14.8 Å². The smallest absolute Gasteiger partial charge is 0.161 e. The van der Waals surface area contributed by atoms with E-state index < -0.39 is 0 Å². The van der Waals surface area contributed by atoms with Crippen molar-refractivity contribution < 1.29 is 9.47 Å². The molecule has 0 aliphatic heterocycles. The fraction of sp³-hybridized carbons (Fsp3) is 0.182. The highest BCUT2D eigenvalue weighted by atomic mass is 35.5. The molecule has 0 fully saturated rings. The lowest BCUT2D eigenvalue weighted by molar-refractivity contribution is 0.269. The third-order valence-electron chi connectivity index (χ3n) is 4.06. The molecule has 0 radical (unpaired) electrons. The van der Waals surface area contributed by atoms with Gasteiger partial charge in [-0.2, -0.15) is 0 Å². The van der Waals surface area contributed by atoms with Gasteiger partial charge in [0.2, 0.25) is 0 Å². The van der Waals surface area contributed by atoms with Gasteiger partial charge in [0.25, 0.3) is 0 Å². The fourth-order valence-electron chi connectivity index (χ4n) is 2.65. The van der Waals surface area contributed by atoms with Gasteiger partial charge in [-0.15, -0.1) is 0 Å². The summed E-state index contributed by atoms with van der Waals surface area (Å²) in [5.74, 6) is 1.36. The van der Waals surface area contributed by atoms with E-state index in [9.17, 15) is 0 Å². The van der Waals surface area contributed by atoms with Gasteiger partial charge < -0.3 is 14.8 Å². The van der Waals surface area contributed by atoms with Gasteiger partial charge in [-0.3, -0.25) is 0 Å². The SMILES string of the molecule is CCOc1cc(CNc2cc(Cl)ccc2Cl)ccc1OCc1ccccc1Cl. The molecular formula is C22H20Cl3NO2. The monoisotopic (exact) mass is 435 g/mol. The first-order valence-corrected chi connectivity index (χ1v) is 10.0. The summed E-state index contributed by atoms with van der Waals surface area (Å²) in [5, 5.41) is 5.22. The van der Waals surface area contributed by atoms with Crippen molar-refractivity contribution in [3.05, 3.63) is 86.9 Å². The van der Waals surface area contributed by atoms with Crippen molar-refractivity contribution in [2.45, 2.75) is 20.1 Å². The number of halogens is 3. The normalized spacial score (nSPS) is 10.6. The van der Waals surface area contributed by atoms with Crippen LogP contribution in [0.1, 0.15) is 18.1 Å². The van der Waals surface area contributed by atoms with Crippen LogP contribution in [0.2, 0.25) is 15.1 Å². The van der Waals surface area contributed by atoms with Crippen molar-refractivity contribution in [2.75, 3.05) is 11.9 Å². The van der Waals surface area contributed by atoms with Crippen LogP contribution in [-0.4, -0.2) is 6.61 Å². The van der Waals surface area contributed by atoms with E-state index in [1.165, 1.54) is 0 Å². The van der Waals surface area contributed by atoms with E-state index in [2.05, 4.69) is 5.32 Å². The summed E-state index contributed by atoms with van der Waals surface area (Å²) in [7, 11) is 0. The average Bonchev–Trinajstić information content (AvgIpc) is 2.69. The highest BCUT2D eigenvalue weighted by Gasteiger charge is 2.09. The Morgan fingerprint density at radius 3 is 2.43 bits per heavy atom. The molecule has 3 aromatic rings. The predicted molar refractivity (Wildman–Crippen MR) is 117 cm³/mol. The van der Waals surface area contributed by atoms with E-state index in [0.717, 1.165) is 16.8 Å². The van der Waals surface area contributed by atoms with Gasteiger partial charge in [-0.1, -0.05) is 59.1 Å². The Morgan fingerprint density at radius 2 is 1.64 bits per heavy atom. The van der Waals surface area contributed by atoms with Crippen LogP contribution in [-0.2, 0) is 13.2 Å². The molecule has 0 aromatic heterocycles. The number of rotatable bonds is 8. The van der Waals surface area contributed by atoms with E-state index in [1.807, 2.05) is 49.4 Å². The molecule has 0 heterocycles. The van der Waals surface area contributed by atoms with Crippen molar-refractivity contribution >= 4 is 40.5 Å². The Hall–Kier alpha value is -2.07. The molecule has 3 rings (SSSR count). The number of nitrogens with one attached hydrogen (secondary N) is 1. The van der Waals surface area contributed by atoms with Crippen LogP contribution in [0.3, 0.4) is 0 Å². The minimum absolute atomic E-state index is 0.371. The van der Waals surface area contributed by atoms with Gasteiger partial charge >= 0.3 is 0 Å². The zero-order valence-electron chi connectivity index (χ0n) is 15.3. The summed E-state index contributed by atoms with van der Waals surface area (Å²) in [5.41, 5.74) is 2.74. The molecule has 0 bridgehead atoms. The lowest BCUT2D eigenvalue weighted by Crippen LogP contribution is -2.03. The van der Waals surface area contributed by atoms with Crippen molar-refractivity contribution in [1.82, 2.24) is 0 Å². The van der Waals surface area contributed by atoms with E-state index in [4.69, 9.17) is 44.3 Å². The van der Waals surface area contributed by atoms with Crippen molar-refractivity contribution in [2.24, 2.45) is 0 Å². The second-order valence-corrected chi connectivity index (χ2v) is 7.32. The van der Waals surface area contributed by atoms with Crippen molar-refractivity contribution in [3.63, 3.8) is 0 Å². The molecule has 6 heteroatoms. The summed E-state index contributed by atoms with van der Waals surface area (Å²) in [6.07, 6.45) is 0. The third kappa shape index (κ3) is 5.48. The Labute approximate surface area is 180 Å². The molecule has 0 atom stereocenters. The number of hydrogen-bond acceptors (Lipinski definition) is 3. The number of ether oxygens (including phenoxy) is 2. The summed E-state index contributed by atoms with van der Waals surface area (Å²) >= 11 is 18.4. The van der Waals surface area contributed by atoms with Gasteiger partial charge in [0.1, 0.15) is 6.61 Å². The van der Waals surface area contributed by atoms with Crippen LogP contribution in [0, 0.1) is 0 Å². The van der Waals surface area contributed by atoms with Gasteiger partial charge in [0, 0.05) is 22.2 Å². The van der Waals surface area contributed by atoms with E-state index in [1.54, 1.807) is 18.2 Å². The Morgan fingerprint density at radius 1 is 0.821 bits per heavy atom. The molecule has 3 nitrogen and oxygen atoms in total. The zero-order valence-corrected chi connectivity index (χ0v) is 17.6. The van der Waals surface area contributed by atoms with Gasteiger partial charge in [-0.05, 0) is 48.9 Å². The molecule has 3 aromatic carbocycles. The Bertz CT molecular complexity index is 947. The van der Waals surface area contributed by atoms with Gasteiger partial charge in [0.05, 0.1) is 17.3 Å². The molecule has 0 amide bonds. The topological polar surface area (TPSA) is 30.5 Å². The highest BCUT2D eigenvalue weighted by molar-refractivity contribution is 6.35. The van der Waals surface area contributed by atoms with E-state index >= 15 is 0 Å². The van der Waals surface area contributed by atoms with E-state index in [-0.39, 0.29) is 0 Å². The van der Waals surface area contributed by atoms with E-state index in [0.29, 0.717) is 46.3 Å². The molecule has 0 aliphatic rings. The number of hydrogen-bond donors (Lipinski definition) is 1. The molecule has 0 unspecified atom stereocenters. The Balaban J connectivity index is 1.71. The minimum Gasteiger partial charge on any atom is -0.490 e. The lowest BCUT2D eigenvalue weighted by atomic mass is 10.2. The molecule has 146 valence electrons. The molecule has 0 saturated carbocycles. The summed E-state index contributed by atoms with van der Waals surface area (Å²) in [6.45, 7) is 3.42. The van der Waals surface area contributed by atoms with Crippen LogP contribution >= 0.6 is 34.8 Å². The number of anilines is 1. The standard InChI is InChI=1S/C22H20Cl3NO2/c1-2-27-22-11-15(13-26-20-12-17(23)8-9-19(20)25)7-10-21(22)28-14-16-5-3-4-6-18(16)24/h3-12,26H,2,13-14H2,1H3. The average molecular weight is 437 g/mol. The molecule has 28 heavy (non-hydrogen) atoms. The van der Waals surface area contributed by atoms with Crippen LogP contribution in [0.5, 0.6) is 11.5 Å². The Kier molecular flexibility index (Phi) is 7.32. The maximum atomic E-state index is 6.20. The van der Waals surface area contributed by atoms with Crippen LogP contribution in [0.25, 0.3) is 0 Å². The molecular weight excluding hydrogens is 417 g/mol. The second kappa shape index (κ2) is 9.92. The second-order valence-electron chi connectivity index (χ2n) is 6.07. The summed E-state index contributed by atoms with van der Waals surface area (Å²) < 4.78 is 11.7. The van der Waals surface area contributed by atoms with Crippen LogP contribution in [0.15, 0.2) is 60.7 Å². The minimum atomic E-state index is 0.371. The summed E-state index contributed by atoms with van der Waals surface area (Å²) in [6, 6.07) is 18.8. The maximum absolute atomic E-state index is 6.20. The lowest BCUT2D eigenvalue weighted by Gasteiger charge is -2.15. The van der Waals surface area contributed by atoms with Gasteiger partial charge in [0.15, 0.2) is 11.5 Å². The van der Waals surface area contributed by atoms with Crippen molar-refractivity contribution in [3.8, 4) is 11.5 Å². The first-order valence-electron chi connectivity index (χ1n) is 8.87. The van der Waals surface area contributed by atoms with Crippen LogP contribution in [0.4, 0.5) is 5.69 Å². The third-order valence-corrected chi connectivity index (χ3v) is 4.99. The zero-order chi connectivity index (χ0) is 19.9. The maximum Gasteiger partial charge on any atom is 0.161 e. The molecule has 1 N–H and O–H groups in total. The largest absolute Gasteiger partial charge is 0.490 e. The first-order chi connectivity index (χ1) is 13.6. The molecule has 0 saturated heterocycles. The fourth-order valence-corrected chi connectivity index (χ4v) is 3.20. The summed E-state index contributed by atoms with van der Waals surface area (Å²) in [4.78, 5) is 0. The first kappa shape index (κ1) is 20.7. The molecule has 0 spiro atoms. The highest BCUT2D eigenvalue weighted by Crippen LogP contribution is 2.31. The van der Waals surface area contributed by atoms with Gasteiger partial charge in [-0.25, -0.2) is 0 Å². The quantitative estimate of drug-likeness (QED) is 0.404. The number of benzene rings is 3. The predicted octanol–water partition coefficient (Wildman–Crippen LogP) is 7.24. The molecule has 0 aliphatic carbocycles. The van der Waals surface area contributed by atoms with Crippen molar-refractivity contribution in [1.29, 1.82) is 0 Å².